The molecule has 2 heteroatoms. The standard InChI is InChI=1S/C18H22N2/c1-13(11-14-5-3-2-4-6-14)20-18-10-7-15-12-16(19)8-9-17(15)18/h2-6,8-9,12-13,18,20H,7,10-11,19H2,1H3. The first-order valence-electron chi connectivity index (χ1n) is 7.40. The van der Waals surface area contributed by atoms with Crippen molar-refractivity contribution >= 4 is 5.69 Å². The third kappa shape index (κ3) is 2.86. The lowest BCUT2D eigenvalue weighted by atomic mass is 10.0. The third-order valence-electron chi connectivity index (χ3n) is 4.12. The molecule has 0 bridgehead atoms. The van der Waals surface area contributed by atoms with E-state index in [1.807, 2.05) is 6.07 Å². The zero-order valence-electron chi connectivity index (χ0n) is 12.0. The Labute approximate surface area is 121 Å². The van der Waals surface area contributed by atoms with Crippen LogP contribution in [0.5, 0.6) is 0 Å². The Morgan fingerprint density at radius 1 is 1.20 bits per heavy atom. The van der Waals surface area contributed by atoms with Crippen molar-refractivity contribution in [1.29, 1.82) is 0 Å². The Bertz CT molecular complexity index is 577. The Kier molecular flexibility index (Phi) is 3.75. The van der Waals surface area contributed by atoms with E-state index < -0.39 is 0 Å². The molecule has 3 rings (SSSR count). The van der Waals surface area contributed by atoms with Gasteiger partial charge in [0.15, 0.2) is 0 Å². The van der Waals surface area contributed by atoms with Crippen molar-refractivity contribution in [2.24, 2.45) is 0 Å². The van der Waals surface area contributed by atoms with Gasteiger partial charge in [0.05, 0.1) is 0 Å². The summed E-state index contributed by atoms with van der Waals surface area (Å²) < 4.78 is 0. The molecule has 0 heterocycles. The summed E-state index contributed by atoms with van der Waals surface area (Å²) in [6, 6.07) is 18.0. The molecule has 2 nitrogen and oxygen atoms in total. The summed E-state index contributed by atoms with van der Waals surface area (Å²) in [6.07, 6.45) is 3.38. The average molecular weight is 266 g/mol. The highest BCUT2D eigenvalue weighted by Gasteiger charge is 2.23. The molecule has 104 valence electrons. The zero-order valence-corrected chi connectivity index (χ0v) is 12.0. The number of nitrogens with one attached hydrogen (secondary N) is 1. The van der Waals surface area contributed by atoms with Crippen molar-refractivity contribution in [3.63, 3.8) is 0 Å². The van der Waals surface area contributed by atoms with E-state index in [0.717, 1.165) is 18.5 Å². The maximum absolute atomic E-state index is 5.86. The number of aryl methyl sites for hydroxylation is 1. The van der Waals surface area contributed by atoms with E-state index in [9.17, 15) is 0 Å². The summed E-state index contributed by atoms with van der Waals surface area (Å²) in [5.74, 6) is 0. The minimum absolute atomic E-state index is 0.476. The smallest absolute Gasteiger partial charge is 0.0328 e. The molecule has 2 aromatic rings. The van der Waals surface area contributed by atoms with Crippen LogP contribution in [0.25, 0.3) is 0 Å². The summed E-state index contributed by atoms with van der Waals surface area (Å²) in [4.78, 5) is 0. The van der Waals surface area contributed by atoms with Gasteiger partial charge in [0.2, 0.25) is 0 Å². The first-order chi connectivity index (χ1) is 9.72. The molecule has 2 atom stereocenters. The summed E-state index contributed by atoms with van der Waals surface area (Å²) in [5, 5.41) is 3.76. The first kappa shape index (κ1) is 13.2. The molecular formula is C18H22N2. The number of hydrogen-bond acceptors (Lipinski definition) is 2. The molecule has 0 amide bonds. The van der Waals surface area contributed by atoms with Crippen molar-refractivity contribution < 1.29 is 0 Å². The molecule has 3 N–H and O–H groups in total. The number of nitrogen functional groups attached to an aromatic ring is 1. The van der Waals surface area contributed by atoms with Gasteiger partial charge >= 0.3 is 0 Å². The van der Waals surface area contributed by atoms with Crippen LogP contribution in [0.3, 0.4) is 0 Å². The number of benzene rings is 2. The van der Waals surface area contributed by atoms with Crippen molar-refractivity contribution in [3.05, 3.63) is 65.2 Å². The molecular weight excluding hydrogens is 244 g/mol. The van der Waals surface area contributed by atoms with Crippen molar-refractivity contribution in [2.45, 2.75) is 38.3 Å². The van der Waals surface area contributed by atoms with Crippen molar-refractivity contribution in [3.8, 4) is 0 Å². The monoisotopic (exact) mass is 266 g/mol. The zero-order chi connectivity index (χ0) is 13.9. The molecule has 0 aromatic heterocycles. The minimum atomic E-state index is 0.476. The van der Waals surface area contributed by atoms with Crippen molar-refractivity contribution in [2.75, 3.05) is 5.73 Å². The topological polar surface area (TPSA) is 38.0 Å². The van der Waals surface area contributed by atoms with Crippen LogP contribution in [0.15, 0.2) is 48.5 Å². The van der Waals surface area contributed by atoms with Gasteiger partial charge in [0.1, 0.15) is 0 Å². The van der Waals surface area contributed by atoms with Crippen molar-refractivity contribution in [1.82, 2.24) is 5.32 Å². The molecule has 0 radical (unpaired) electrons. The maximum atomic E-state index is 5.86. The van der Waals surface area contributed by atoms with Gasteiger partial charge in [-0.05, 0) is 55.0 Å². The highest BCUT2D eigenvalue weighted by atomic mass is 14.9. The molecule has 0 saturated heterocycles. The quantitative estimate of drug-likeness (QED) is 0.832. The summed E-state index contributed by atoms with van der Waals surface area (Å²) in [7, 11) is 0. The molecule has 1 aliphatic rings. The summed E-state index contributed by atoms with van der Waals surface area (Å²) >= 11 is 0. The fraction of sp³-hybridized carbons (Fsp3) is 0.333. The van der Waals surface area contributed by atoms with Crippen LogP contribution in [0.1, 0.15) is 36.1 Å². The van der Waals surface area contributed by atoms with Crippen LogP contribution >= 0.6 is 0 Å². The maximum Gasteiger partial charge on any atom is 0.0328 e. The summed E-state index contributed by atoms with van der Waals surface area (Å²) in [5.41, 5.74) is 11.0. The predicted octanol–water partition coefficient (Wildman–Crippen LogP) is 3.48. The fourth-order valence-electron chi connectivity index (χ4n) is 3.18. The summed E-state index contributed by atoms with van der Waals surface area (Å²) in [6.45, 7) is 2.27. The Morgan fingerprint density at radius 3 is 2.80 bits per heavy atom. The van der Waals surface area contributed by atoms with E-state index in [1.54, 1.807) is 0 Å². The fourth-order valence-corrected chi connectivity index (χ4v) is 3.18. The second-order valence-corrected chi connectivity index (χ2v) is 5.81. The number of anilines is 1. The van der Waals surface area contributed by atoms with E-state index in [0.29, 0.717) is 12.1 Å². The lowest BCUT2D eigenvalue weighted by Gasteiger charge is -2.20. The van der Waals surface area contributed by atoms with Crippen LogP contribution in [-0.4, -0.2) is 6.04 Å². The van der Waals surface area contributed by atoms with Gasteiger partial charge in [-0.25, -0.2) is 0 Å². The number of nitrogens with two attached hydrogens (primary N) is 1. The van der Waals surface area contributed by atoms with Gasteiger partial charge in [0.25, 0.3) is 0 Å². The molecule has 0 fully saturated rings. The van der Waals surface area contributed by atoms with E-state index in [1.165, 1.54) is 23.1 Å². The molecule has 2 unspecified atom stereocenters. The second-order valence-electron chi connectivity index (χ2n) is 5.81. The van der Waals surface area contributed by atoms with Gasteiger partial charge in [-0.15, -0.1) is 0 Å². The van der Waals surface area contributed by atoms with E-state index in [4.69, 9.17) is 5.73 Å². The predicted molar refractivity (Wildman–Crippen MR) is 84.7 cm³/mol. The SMILES string of the molecule is CC(Cc1ccccc1)NC1CCc2cc(N)ccc21. The number of hydrogen-bond donors (Lipinski definition) is 2. The largest absolute Gasteiger partial charge is 0.399 e. The van der Waals surface area contributed by atoms with Crippen LogP contribution in [0.2, 0.25) is 0 Å². The Balaban J connectivity index is 1.65. The third-order valence-corrected chi connectivity index (χ3v) is 4.12. The lowest BCUT2D eigenvalue weighted by molar-refractivity contribution is 0.451. The Morgan fingerprint density at radius 2 is 2.00 bits per heavy atom. The van der Waals surface area contributed by atoms with Gasteiger partial charge in [-0.3, -0.25) is 0 Å². The van der Waals surface area contributed by atoms with E-state index >= 15 is 0 Å². The molecule has 0 saturated carbocycles. The van der Waals surface area contributed by atoms with Gasteiger partial charge in [-0.1, -0.05) is 36.4 Å². The molecule has 0 aliphatic heterocycles. The van der Waals surface area contributed by atoms with E-state index in [-0.39, 0.29) is 0 Å². The Hall–Kier alpha value is -1.80. The number of fused-ring (bicyclic) bond motifs is 1. The average Bonchev–Trinajstić information content (AvgIpc) is 2.82. The van der Waals surface area contributed by atoms with Crippen LogP contribution < -0.4 is 11.1 Å². The first-order valence-corrected chi connectivity index (χ1v) is 7.40. The highest BCUT2D eigenvalue weighted by molar-refractivity contribution is 5.47. The molecule has 1 aliphatic carbocycles. The normalized spacial score (nSPS) is 18.8. The van der Waals surface area contributed by atoms with Crippen LogP contribution in [-0.2, 0) is 12.8 Å². The van der Waals surface area contributed by atoms with Gasteiger partial charge in [-0.2, -0.15) is 0 Å². The van der Waals surface area contributed by atoms with Gasteiger partial charge in [0, 0.05) is 17.8 Å². The molecule has 2 aromatic carbocycles. The van der Waals surface area contributed by atoms with E-state index in [2.05, 4.69) is 54.7 Å². The lowest BCUT2D eigenvalue weighted by Crippen LogP contribution is -2.31. The molecule has 20 heavy (non-hydrogen) atoms. The highest BCUT2D eigenvalue weighted by Crippen LogP contribution is 2.32. The minimum Gasteiger partial charge on any atom is -0.399 e. The molecule has 0 spiro atoms. The van der Waals surface area contributed by atoms with Gasteiger partial charge < -0.3 is 11.1 Å². The van der Waals surface area contributed by atoms with Crippen LogP contribution in [0, 0.1) is 0 Å². The number of rotatable bonds is 4. The van der Waals surface area contributed by atoms with Crippen LogP contribution in [0.4, 0.5) is 5.69 Å². The second kappa shape index (κ2) is 5.68.